The maximum atomic E-state index is 13.5. The quantitative estimate of drug-likeness (QED) is 0.313. The van der Waals surface area contributed by atoms with Gasteiger partial charge in [0.1, 0.15) is 5.82 Å². The van der Waals surface area contributed by atoms with Crippen molar-refractivity contribution in [1.82, 2.24) is 9.78 Å². The fraction of sp³-hybridized carbons (Fsp3) is 0.269. The molecule has 0 unspecified atom stereocenters. The summed E-state index contributed by atoms with van der Waals surface area (Å²) in [4.78, 5) is 23.9. The van der Waals surface area contributed by atoms with E-state index in [1.54, 1.807) is 30.3 Å². The van der Waals surface area contributed by atoms with Crippen LogP contribution in [0.5, 0.6) is 0 Å². The van der Waals surface area contributed by atoms with Crippen molar-refractivity contribution in [1.29, 1.82) is 0 Å². The normalized spacial score (nSPS) is 12.8. The predicted molar refractivity (Wildman–Crippen MR) is 137 cm³/mol. The fourth-order valence-corrected chi connectivity index (χ4v) is 3.68. The number of carbonyl (C=O) groups excluding carboxylic acids is 1. The van der Waals surface area contributed by atoms with Crippen LogP contribution in [0.3, 0.4) is 0 Å². The number of hydrogen-bond donors (Lipinski definition) is 4. The molecule has 3 rings (SSSR count). The van der Waals surface area contributed by atoms with Crippen LogP contribution in [0.15, 0.2) is 60.7 Å². The van der Waals surface area contributed by atoms with Crippen LogP contribution < -0.4 is 5.32 Å². The van der Waals surface area contributed by atoms with E-state index in [-0.39, 0.29) is 47.6 Å². The van der Waals surface area contributed by atoms with Gasteiger partial charge in [0.25, 0.3) is 5.91 Å². The minimum absolute atomic E-state index is 0. The Labute approximate surface area is 230 Å². The number of hydrogen-bond acceptors (Lipinski definition) is 5. The number of nitrogens with zero attached hydrogens (tertiary/aromatic N) is 2. The molecule has 186 valence electrons. The number of aromatic nitrogens is 2. The van der Waals surface area contributed by atoms with Gasteiger partial charge < -0.3 is 20.6 Å². The Bertz CT molecular complexity index is 1200. The van der Waals surface area contributed by atoms with Gasteiger partial charge in [0.05, 0.1) is 30.0 Å². The Morgan fingerprint density at radius 3 is 2.31 bits per heavy atom. The zero-order chi connectivity index (χ0) is 25.5. The summed E-state index contributed by atoms with van der Waals surface area (Å²) in [7, 11) is 0. The fourth-order valence-electron chi connectivity index (χ4n) is 3.68. The number of benzene rings is 2. The van der Waals surface area contributed by atoms with Gasteiger partial charge >= 0.3 is 35.5 Å². The number of halogens is 1. The number of amides is 1. The Morgan fingerprint density at radius 2 is 1.72 bits per heavy atom. The SMILES string of the molecule is CC(C)c1c(C(=O)Nc2ccccc2)nn(-c2ccc(F)cc2)c1/C=C/[C@H](O)C[C@@H](O)CC(=O)O.[NaH]. The van der Waals surface area contributed by atoms with Crippen molar-refractivity contribution in [2.24, 2.45) is 0 Å². The van der Waals surface area contributed by atoms with Gasteiger partial charge in [0, 0.05) is 17.7 Å². The topological polar surface area (TPSA) is 125 Å². The molecule has 0 radical (unpaired) electrons. The van der Waals surface area contributed by atoms with Gasteiger partial charge in [-0.2, -0.15) is 5.10 Å². The van der Waals surface area contributed by atoms with Crippen LogP contribution in [0.2, 0.25) is 0 Å². The molecule has 0 saturated carbocycles. The molecule has 10 heteroatoms. The molecule has 8 nitrogen and oxygen atoms in total. The van der Waals surface area contributed by atoms with Crippen molar-refractivity contribution in [3.05, 3.63) is 83.4 Å². The molecule has 0 aliphatic rings. The van der Waals surface area contributed by atoms with Crippen molar-refractivity contribution in [3.8, 4) is 5.69 Å². The first-order chi connectivity index (χ1) is 16.7. The second-order valence-electron chi connectivity index (χ2n) is 8.42. The molecule has 1 amide bonds. The summed E-state index contributed by atoms with van der Waals surface area (Å²) in [6.07, 6.45) is -0.0325. The summed E-state index contributed by atoms with van der Waals surface area (Å²) >= 11 is 0. The minimum atomic E-state index is -1.22. The number of aliphatic carboxylic acids is 1. The first kappa shape index (κ1) is 29.4. The van der Waals surface area contributed by atoms with Crippen LogP contribution in [0.4, 0.5) is 10.1 Å². The molecule has 3 aromatic rings. The summed E-state index contributed by atoms with van der Waals surface area (Å²) in [5.41, 5.74) is 2.39. The van der Waals surface area contributed by atoms with Gasteiger partial charge in [-0.05, 0) is 48.4 Å². The second kappa shape index (κ2) is 13.5. The van der Waals surface area contributed by atoms with E-state index in [0.29, 0.717) is 22.6 Å². The number of aliphatic hydroxyl groups is 2. The number of para-hydroxylation sites is 1. The van der Waals surface area contributed by atoms with Crippen molar-refractivity contribution in [2.75, 3.05) is 5.32 Å². The van der Waals surface area contributed by atoms with Crippen molar-refractivity contribution >= 4 is 53.2 Å². The second-order valence-corrected chi connectivity index (χ2v) is 8.42. The van der Waals surface area contributed by atoms with E-state index in [9.17, 15) is 24.2 Å². The third-order valence-electron chi connectivity index (χ3n) is 5.25. The van der Waals surface area contributed by atoms with E-state index < -0.39 is 36.3 Å². The maximum absolute atomic E-state index is 13.5. The molecule has 4 N–H and O–H groups in total. The Hall–Kier alpha value is -2.82. The zero-order valence-electron chi connectivity index (χ0n) is 19.4. The molecule has 0 saturated heterocycles. The van der Waals surface area contributed by atoms with Crippen LogP contribution in [0, 0.1) is 5.82 Å². The molecule has 0 aliphatic heterocycles. The monoisotopic (exact) mass is 505 g/mol. The van der Waals surface area contributed by atoms with E-state index in [1.807, 2.05) is 19.9 Å². The van der Waals surface area contributed by atoms with E-state index in [2.05, 4.69) is 10.4 Å². The first-order valence-electron chi connectivity index (χ1n) is 11.2. The molecule has 0 bridgehead atoms. The third-order valence-corrected chi connectivity index (χ3v) is 5.25. The number of carboxylic acid groups (broad SMARTS) is 1. The molecular formula is C26H29FN3NaO5. The number of nitrogens with one attached hydrogen (secondary N) is 1. The molecule has 1 aromatic heterocycles. The van der Waals surface area contributed by atoms with Crippen LogP contribution in [0.25, 0.3) is 11.8 Å². The van der Waals surface area contributed by atoms with E-state index in [1.165, 1.54) is 35.0 Å². The number of rotatable bonds is 10. The van der Waals surface area contributed by atoms with Gasteiger partial charge in [-0.25, -0.2) is 9.07 Å². The number of anilines is 1. The number of carboxylic acids is 1. The van der Waals surface area contributed by atoms with Gasteiger partial charge in [0.2, 0.25) is 0 Å². The van der Waals surface area contributed by atoms with Crippen LogP contribution >= 0.6 is 0 Å². The number of aliphatic hydroxyl groups excluding tert-OH is 2. The summed E-state index contributed by atoms with van der Waals surface area (Å²) < 4.78 is 15.0. The van der Waals surface area contributed by atoms with Gasteiger partial charge in [-0.15, -0.1) is 0 Å². The Kier molecular flexibility index (Phi) is 11.0. The van der Waals surface area contributed by atoms with Gasteiger partial charge in [-0.1, -0.05) is 38.1 Å². The van der Waals surface area contributed by atoms with Gasteiger partial charge in [0.15, 0.2) is 5.69 Å². The molecule has 36 heavy (non-hydrogen) atoms. The van der Waals surface area contributed by atoms with E-state index in [4.69, 9.17) is 5.11 Å². The van der Waals surface area contributed by atoms with E-state index >= 15 is 0 Å². The Balaban J connectivity index is 0.00000456. The molecule has 0 fully saturated rings. The van der Waals surface area contributed by atoms with Gasteiger partial charge in [-0.3, -0.25) is 9.59 Å². The molecule has 0 spiro atoms. The summed E-state index contributed by atoms with van der Waals surface area (Å²) in [5.74, 6) is -2.16. The van der Waals surface area contributed by atoms with Crippen molar-refractivity contribution < 1.29 is 29.3 Å². The summed E-state index contributed by atoms with van der Waals surface area (Å²) in [5, 5.41) is 36.3. The molecule has 0 aliphatic carbocycles. The third kappa shape index (κ3) is 7.84. The Morgan fingerprint density at radius 1 is 1.08 bits per heavy atom. The standard InChI is InChI=1S/C26H28FN3O5.Na.H/c1-16(2)24-22(13-12-20(31)14-21(32)15-23(33)34)30(19-10-8-17(27)9-11-19)29-25(24)26(35)28-18-6-4-3-5-7-18;;/h3-13,16,20-21,31-32H,14-15H2,1-2H3,(H,28,35)(H,33,34);;/b13-12+;;/t20-,21+;;/m0../s1. The molecule has 2 atom stereocenters. The van der Waals surface area contributed by atoms with Crippen molar-refractivity contribution in [2.45, 2.75) is 44.8 Å². The van der Waals surface area contributed by atoms with Crippen LogP contribution in [-0.4, -0.2) is 78.7 Å². The van der Waals surface area contributed by atoms with Crippen molar-refractivity contribution in [3.63, 3.8) is 0 Å². The average Bonchev–Trinajstić information content (AvgIpc) is 3.18. The average molecular weight is 506 g/mol. The zero-order valence-corrected chi connectivity index (χ0v) is 19.4. The van der Waals surface area contributed by atoms with E-state index in [0.717, 1.165) is 0 Å². The molecule has 1 heterocycles. The van der Waals surface area contributed by atoms with Crippen LogP contribution in [-0.2, 0) is 4.79 Å². The van der Waals surface area contributed by atoms with Crippen LogP contribution in [0.1, 0.15) is 54.4 Å². The summed E-state index contributed by atoms with van der Waals surface area (Å²) in [6.45, 7) is 3.80. The first-order valence-corrected chi connectivity index (χ1v) is 11.2. The number of carbonyl (C=O) groups is 2. The molecule has 2 aromatic carbocycles. The predicted octanol–water partition coefficient (Wildman–Crippen LogP) is 3.34. The summed E-state index contributed by atoms with van der Waals surface area (Å²) in [6, 6.07) is 14.5. The molecular weight excluding hydrogens is 476 g/mol.